The van der Waals surface area contributed by atoms with Crippen LogP contribution in [0.5, 0.6) is 0 Å². The first-order valence-corrected chi connectivity index (χ1v) is 9.63. The molecule has 0 saturated heterocycles. The Bertz CT molecular complexity index is 439. The number of methoxy groups -OCH3 is 1. The van der Waals surface area contributed by atoms with E-state index < -0.39 is 0 Å². The molecule has 0 atom stereocenters. The van der Waals surface area contributed by atoms with Crippen molar-refractivity contribution >= 4 is 5.97 Å². The summed E-state index contributed by atoms with van der Waals surface area (Å²) in [6.07, 6.45) is 32.2. The summed E-state index contributed by atoms with van der Waals surface area (Å²) >= 11 is 0. The van der Waals surface area contributed by atoms with Gasteiger partial charge in [-0.25, -0.2) is 0 Å². The molecule has 0 aromatic carbocycles. The predicted octanol–water partition coefficient (Wildman–Crippen LogP) is 6.86. The van der Waals surface area contributed by atoms with Gasteiger partial charge in [0.25, 0.3) is 0 Å². The number of hydrogen-bond donors (Lipinski definition) is 0. The number of esters is 1. The van der Waals surface area contributed by atoms with Crippen LogP contribution in [0.25, 0.3) is 0 Å². The predicted molar refractivity (Wildman–Crippen MR) is 110 cm³/mol. The number of carbonyl (C=O) groups excluding carboxylic acids is 1. The third-order valence-electron chi connectivity index (χ3n) is 3.64. The van der Waals surface area contributed by atoms with Crippen LogP contribution < -0.4 is 0 Å². The highest BCUT2D eigenvalue weighted by Crippen LogP contribution is 2.01. The average Bonchev–Trinajstić information content (AvgIpc) is 2.63. The van der Waals surface area contributed by atoms with E-state index in [9.17, 15) is 4.79 Å². The summed E-state index contributed by atoms with van der Waals surface area (Å²) in [5, 5.41) is 0. The van der Waals surface area contributed by atoms with Crippen molar-refractivity contribution in [2.75, 3.05) is 7.11 Å². The van der Waals surface area contributed by atoms with Crippen LogP contribution in [-0.2, 0) is 9.53 Å². The molecule has 0 spiro atoms. The molecular weight excluding hydrogens is 308 g/mol. The standard InChI is InChI=1S/C23H36O2/c1-3-4-5-6-7-8-9-10-11-12-13-14-15-16-17-18-19-20-21-22-23(24)25-2/h7-8,10-11,13-14,16-17,19-20H,3-6,9,12,15,18,21-22H2,1-2H3. The molecule has 0 aliphatic rings. The minimum Gasteiger partial charge on any atom is -0.469 e. The van der Waals surface area contributed by atoms with Crippen LogP contribution in [0, 0.1) is 0 Å². The molecule has 0 aromatic rings. The van der Waals surface area contributed by atoms with Crippen molar-refractivity contribution in [3.8, 4) is 0 Å². The maximum absolute atomic E-state index is 10.9. The minimum absolute atomic E-state index is 0.151. The summed E-state index contributed by atoms with van der Waals surface area (Å²) in [7, 11) is 1.42. The SMILES string of the molecule is CCCCCC=CCC=CCC=CCC=CCC=CCCC(=O)OC. The highest BCUT2D eigenvalue weighted by atomic mass is 16.5. The van der Waals surface area contributed by atoms with Crippen molar-refractivity contribution in [1.82, 2.24) is 0 Å². The molecular formula is C23H36O2. The second kappa shape index (κ2) is 20.2. The molecule has 0 aromatic heterocycles. The molecule has 0 N–H and O–H groups in total. The van der Waals surface area contributed by atoms with Gasteiger partial charge < -0.3 is 4.74 Å². The lowest BCUT2D eigenvalue weighted by Crippen LogP contribution is -1.97. The van der Waals surface area contributed by atoms with Gasteiger partial charge in [0.15, 0.2) is 0 Å². The molecule has 0 aliphatic carbocycles. The Morgan fingerprint density at radius 3 is 1.56 bits per heavy atom. The van der Waals surface area contributed by atoms with Gasteiger partial charge in [-0.05, 0) is 44.9 Å². The summed E-state index contributed by atoms with van der Waals surface area (Å²) in [6, 6.07) is 0. The molecule has 0 radical (unpaired) electrons. The lowest BCUT2D eigenvalue weighted by atomic mass is 10.2. The monoisotopic (exact) mass is 344 g/mol. The molecule has 0 fully saturated rings. The number of allylic oxidation sites excluding steroid dienone is 10. The van der Waals surface area contributed by atoms with Gasteiger partial charge in [-0.2, -0.15) is 0 Å². The van der Waals surface area contributed by atoms with Gasteiger partial charge >= 0.3 is 5.97 Å². The Balaban J connectivity index is 3.48. The highest BCUT2D eigenvalue weighted by Gasteiger charge is 1.94. The first-order chi connectivity index (χ1) is 12.3. The molecule has 0 amide bonds. The Morgan fingerprint density at radius 1 is 0.680 bits per heavy atom. The van der Waals surface area contributed by atoms with E-state index in [1.165, 1.54) is 32.8 Å². The molecule has 0 saturated carbocycles. The lowest BCUT2D eigenvalue weighted by Gasteiger charge is -1.93. The summed E-state index contributed by atoms with van der Waals surface area (Å²) in [5.74, 6) is -0.151. The van der Waals surface area contributed by atoms with Gasteiger partial charge in [-0.15, -0.1) is 0 Å². The zero-order valence-electron chi connectivity index (χ0n) is 16.2. The van der Waals surface area contributed by atoms with Gasteiger partial charge in [0.1, 0.15) is 0 Å². The number of ether oxygens (including phenoxy) is 1. The van der Waals surface area contributed by atoms with Crippen LogP contribution in [0.1, 0.15) is 71.1 Å². The van der Waals surface area contributed by atoms with Crippen LogP contribution >= 0.6 is 0 Å². The van der Waals surface area contributed by atoms with E-state index in [0.29, 0.717) is 6.42 Å². The fourth-order valence-electron chi connectivity index (χ4n) is 2.14. The molecule has 0 heterocycles. The number of rotatable bonds is 15. The largest absolute Gasteiger partial charge is 0.469 e. The second-order valence-electron chi connectivity index (χ2n) is 5.91. The van der Waals surface area contributed by atoms with E-state index in [-0.39, 0.29) is 5.97 Å². The van der Waals surface area contributed by atoms with Crippen molar-refractivity contribution in [2.45, 2.75) is 71.1 Å². The molecule has 140 valence electrons. The average molecular weight is 345 g/mol. The van der Waals surface area contributed by atoms with Crippen molar-refractivity contribution in [2.24, 2.45) is 0 Å². The maximum Gasteiger partial charge on any atom is 0.305 e. The summed E-state index contributed by atoms with van der Waals surface area (Å²) in [6.45, 7) is 2.24. The Hall–Kier alpha value is -1.83. The molecule has 0 aliphatic heterocycles. The van der Waals surface area contributed by atoms with Crippen LogP contribution in [0.15, 0.2) is 60.8 Å². The second-order valence-corrected chi connectivity index (χ2v) is 5.91. The van der Waals surface area contributed by atoms with Gasteiger partial charge in [0, 0.05) is 6.42 Å². The molecule has 25 heavy (non-hydrogen) atoms. The smallest absolute Gasteiger partial charge is 0.305 e. The summed E-state index contributed by atoms with van der Waals surface area (Å²) in [4.78, 5) is 10.9. The first kappa shape index (κ1) is 23.2. The summed E-state index contributed by atoms with van der Waals surface area (Å²) in [5.41, 5.74) is 0. The fraction of sp³-hybridized carbons (Fsp3) is 0.522. The topological polar surface area (TPSA) is 26.3 Å². The third-order valence-corrected chi connectivity index (χ3v) is 3.64. The van der Waals surface area contributed by atoms with E-state index in [1.54, 1.807) is 0 Å². The van der Waals surface area contributed by atoms with Crippen LogP contribution in [0.2, 0.25) is 0 Å². The lowest BCUT2D eigenvalue weighted by molar-refractivity contribution is -0.140. The Morgan fingerprint density at radius 2 is 1.12 bits per heavy atom. The number of unbranched alkanes of at least 4 members (excludes halogenated alkanes) is 3. The molecule has 0 unspecified atom stereocenters. The Kier molecular flexibility index (Phi) is 18.7. The van der Waals surface area contributed by atoms with E-state index in [0.717, 1.165) is 32.1 Å². The van der Waals surface area contributed by atoms with Crippen molar-refractivity contribution in [3.63, 3.8) is 0 Å². The third kappa shape index (κ3) is 20.1. The number of hydrogen-bond acceptors (Lipinski definition) is 2. The van der Waals surface area contributed by atoms with Crippen molar-refractivity contribution in [3.05, 3.63) is 60.8 Å². The zero-order chi connectivity index (χ0) is 18.4. The van der Waals surface area contributed by atoms with Crippen molar-refractivity contribution in [1.29, 1.82) is 0 Å². The van der Waals surface area contributed by atoms with E-state index in [4.69, 9.17) is 0 Å². The van der Waals surface area contributed by atoms with E-state index in [2.05, 4.69) is 66.3 Å². The highest BCUT2D eigenvalue weighted by molar-refractivity contribution is 5.69. The first-order valence-electron chi connectivity index (χ1n) is 9.63. The van der Waals surface area contributed by atoms with Gasteiger partial charge in [-0.3, -0.25) is 4.79 Å². The molecule has 2 heteroatoms. The van der Waals surface area contributed by atoms with Crippen LogP contribution in [-0.4, -0.2) is 13.1 Å². The van der Waals surface area contributed by atoms with E-state index >= 15 is 0 Å². The Labute approximate surface area is 155 Å². The molecule has 2 nitrogen and oxygen atoms in total. The van der Waals surface area contributed by atoms with Gasteiger partial charge in [-0.1, -0.05) is 80.5 Å². The summed E-state index contributed by atoms with van der Waals surface area (Å²) < 4.78 is 4.58. The minimum atomic E-state index is -0.151. The van der Waals surface area contributed by atoms with Gasteiger partial charge in [0.05, 0.1) is 7.11 Å². The quantitative estimate of drug-likeness (QED) is 0.184. The van der Waals surface area contributed by atoms with Crippen LogP contribution in [0.4, 0.5) is 0 Å². The molecule has 0 rings (SSSR count). The normalized spacial score (nSPS) is 12.6. The van der Waals surface area contributed by atoms with Crippen LogP contribution in [0.3, 0.4) is 0 Å². The van der Waals surface area contributed by atoms with Crippen molar-refractivity contribution < 1.29 is 9.53 Å². The number of carbonyl (C=O) groups is 1. The van der Waals surface area contributed by atoms with Gasteiger partial charge in [0.2, 0.25) is 0 Å². The van der Waals surface area contributed by atoms with E-state index in [1.807, 2.05) is 6.08 Å². The molecule has 0 bridgehead atoms. The zero-order valence-corrected chi connectivity index (χ0v) is 16.2. The fourth-order valence-corrected chi connectivity index (χ4v) is 2.14. The maximum atomic E-state index is 10.9.